The van der Waals surface area contributed by atoms with E-state index < -0.39 is 0 Å². The van der Waals surface area contributed by atoms with Crippen LogP contribution in [0.3, 0.4) is 0 Å². The summed E-state index contributed by atoms with van der Waals surface area (Å²) >= 11 is 0. The van der Waals surface area contributed by atoms with Gasteiger partial charge in [0.25, 0.3) is 0 Å². The van der Waals surface area contributed by atoms with Crippen molar-refractivity contribution in [2.75, 3.05) is 6.61 Å². The number of fused-ring (bicyclic) bond motifs is 1. The van der Waals surface area contributed by atoms with Crippen LogP contribution in [-0.4, -0.2) is 12.6 Å². The molecule has 0 heterocycles. The number of nitrogens with two attached hydrogens (primary N) is 1. The molecular weight excluding hydrogens is 258 g/mol. The summed E-state index contributed by atoms with van der Waals surface area (Å²) in [6.07, 6.45) is 5.87. The summed E-state index contributed by atoms with van der Waals surface area (Å²) < 4.78 is 6.14. The summed E-state index contributed by atoms with van der Waals surface area (Å²) in [4.78, 5) is 0. The fourth-order valence-corrected chi connectivity index (χ4v) is 2.94. The zero-order valence-corrected chi connectivity index (χ0v) is 12.8. The van der Waals surface area contributed by atoms with Gasteiger partial charge in [0, 0.05) is 11.6 Å². The van der Waals surface area contributed by atoms with Gasteiger partial charge in [0.1, 0.15) is 5.75 Å². The molecule has 1 aliphatic carbocycles. The third kappa shape index (κ3) is 3.21. The number of hydrogen-bond donors (Lipinski definition) is 1. The predicted molar refractivity (Wildman–Crippen MR) is 88.8 cm³/mol. The third-order valence-electron chi connectivity index (χ3n) is 4.69. The summed E-state index contributed by atoms with van der Waals surface area (Å²) in [7, 11) is 0. The number of rotatable bonds is 6. The van der Waals surface area contributed by atoms with Gasteiger partial charge in [-0.15, -0.1) is 0 Å². The highest BCUT2D eigenvalue weighted by atomic mass is 16.5. The van der Waals surface area contributed by atoms with Crippen LogP contribution in [0, 0.1) is 5.92 Å². The first-order chi connectivity index (χ1) is 10.3. The fraction of sp³-hybridized carbons (Fsp3) is 0.474. The predicted octanol–water partition coefficient (Wildman–Crippen LogP) is 4.30. The van der Waals surface area contributed by atoms with E-state index in [-0.39, 0.29) is 6.04 Å². The zero-order chi connectivity index (χ0) is 14.7. The first-order valence-corrected chi connectivity index (χ1v) is 8.17. The lowest BCUT2D eigenvalue weighted by molar-refractivity contribution is 0.179. The Kier molecular flexibility index (Phi) is 4.45. The Balaban J connectivity index is 1.90. The highest BCUT2D eigenvalue weighted by molar-refractivity contribution is 5.87. The summed E-state index contributed by atoms with van der Waals surface area (Å²) in [5, 5.41) is 2.55. The van der Waals surface area contributed by atoms with Crippen LogP contribution in [-0.2, 0) is 6.42 Å². The monoisotopic (exact) mass is 283 g/mol. The molecule has 0 aromatic heterocycles. The summed E-state index contributed by atoms with van der Waals surface area (Å²) in [6.45, 7) is 3.00. The first kappa shape index (κ1) is 14.4. The molecule has 1 aliphatic rings. The molecule has 2 aromatic rings. The van der Waals surface area contributed by atoms with Crippen molar-refractivity contribution >= 4 is 10.8 Å². The minimum atomic E-state index is 0.196. The van der Waals surface area contributed by atoms with Crippen LogP contribution in [0.1, 0.15) is 38.2 Å². The summed E-state index contributed by atoms with van der Waals surface area (Å²) in [5.74, 6) is 1.79. The number of hydrogen-bond acceptors (Lipinski definition) is 2. The van der Waals surface area contributed by atoms with Gasteiger partial charge in [-0.05, 0) is 48.4 Å². The lowest BCUT2D eigenvalue weighted by Gasteiger charge is -2.26. The molecule has 3 rings (SSSR count). The number of ether oxygens (including phenoxy) is 1. The van der Waals surface area contributed by atoms with Crippen LogP contribution in [0.2, 0.25) is 0 Å². The average molecular weight is 283 g/mol. The lowest BCUT2D eigenvalue weighted by atomic mass is 9.86. The standard InChI is InChI=1S/C19H25NO/c1-2-16(20)12-18-17-9-4-3-8-15(17)10-11-19(18)21-13-14-6-5-7-14/h3-4,8-11,14,16H,2,5-7,12-13,20H2,1H3. The third-order valence-corrected chi connectivity index (χ3v) is 4.69. The van der Waals surface area contributed by atoms with Gasteiger partial charge in [-0.2, -0.15) is 0 Å². The molecule has 2 heteroatoms. The molecular formula is C19H25NO. The second-order valence-corrected chi connectivity index (χ2v) is 6.24. The van der Waals surface area contributed by atoms with Crippen LogP contribution in [0.4, 0.5) is 0 Å². The molecule has 2 nitrogen and oxygen atoms in total. The highest BCUT2D eigenvalue weighted by Crippen LogP contribution is 2.32. The maximum absolute atomic E-state index is 6.20. The van der Waals surface area contributed by atoms with E-state index in [9.17, 15) is 0 Å². The average Bonchev–Trinajstić information content (AvgIpc) is 2.47. The van der Waals surface area contributed by atoms with E-state index in [0.717, 1.165) is 31.1 Å². The molecule has 2 N–H and O–H groups in total. The molecule has 1 atom stereocenters. The van der Waals surface area contributed by atoms with Crippen LogP contribution in [0.15, 0.2) is 36.4 Å². The fourth-order valence-electron chi connectivity index (χ4n) is 2.94. The quantitative estimate of drug-likeness (QED) is 0.858. The van der Waals surface area contributed by atoms with Crippen molar-refractivity contribution < 1.29 is 4.74 Å². The highest BCUT2D eigenvalue weighted by Gasteiger charge is 2.19. The van der Waals surface area contributed by atoms with E-state index in [0.29, 0.717) is 0 Å². The lowest BCUT2D eigenvalue weighted by Crippen LogP contribution is -2.23. The molecule has 0 saturated heterocycles. The van der Waals surface area contributed by atoms with Gasteiger partial charge >= 0.3 is 0 Å². The smallest absolute Gasteiger partial charge is 0.123 e. The normalized spacial score (nSPS) is 16.7. The molecule has 0 amide bonds. The first-order valence-electron chi connectivity index (χ1n) is 8.17. The van der Waals surface area contributed by atoms with Gasteiger partial charge in [-0.1, -0.05) is 43.7 Å². The van der Waals surface area contributed by atoms with Crippen LogP contribution in [0.5, 0.6) is 5.75 Å². The zero-order valence-electron chi connectivity index (χ0n) is 12.8. The van der Waals surface area contributed by atoms with Crippen molar-refractivity contribution in [3.63, 3.8) is 0 Å². The van der Waals surface area contributed by atoms with E-state index >= 15 is 0 Å². The Morgan fingerprint density at radius 1 is 1.19 bits per heavy atom. The SMILES string of the molecule is CCC(N)Cc1c(OCC2CCC2)ccc2ccccc12. The molecule has 1 saturated carbocycles. The van der Waals surface area contributed by atoms with Crippen molar-refractivity contribution in [1.29, 1.82) is 0 Å². The Morgan fingerprint density at radius 3 is 2.71 bits per heavy atom. The summed E-state index contributed by atoms with van der Waals surface area (Å²) in [5.41, 5.74) is 7.48. The summed E-state index contributed by atoms with van der Waals surface area (Å²) in [6, 6.07) is 13.0. The second kappa shape index (κ2) is 6.48. The Labute approximate surface area is 127 Å². The molecule has 2 aromatic carbocycles. The maximum atomic E-state index is 6.20. The molecule has 21 heavy (non-hydrogen) atoms. The van der Waals surface area contributed by atoms with Crippen LogP contribution in [0.25, 0.3) is 10.8 Å². The van der Waals surface area contributed by atoms with Gasteiger partial charge < -0.3 is 10.5 Å². The van der Waals surface area contributed by atoms with E-state index in [4.69, 9.17) is 10.5 Å². The van der Waals surface area contributed by atoms with Crippen molar-refractivity contribution in [3.8, 4) is 5.75 Å². The van der Waals surface area contributed by atoms with Gasteiger partial charge in [-0.25, -0.2) is 0 Å². The van der Waals surface area contributed by atoms with Gasteiger partial charge in [-0.3, -0.25) is 0 Å². The van der Waals surface area contributed by atoms with Gasteiger partial charge in [0.05, 0.1) is 6.61 Å². The molecule has 0 aliphatic heterocycles. The van der Waals surface area contributed by atoms with Crippen molar-refractivity contribution in [2.45, 2.75) is 45.1 Å². The van der Waals surface area contributed by atoms with E-state index in [1.165, 1.54) is 35.6 Å². The van der Waals surface area contributed by atoms with Crippen molar-refractivity contribution in [2.24, 2.45) is 11.7 Å². The maximum Gasteiger partial charge on any atom is 0.123 e. The topological polar surface area (TPSA) is 35.2 Å². The van der Waals surface area contributed by atoms with E-state index in [1.54, 1.807) is 0 Å². The molecule has 0 radical (unpaired) electrons. The van der Waals surface area contributed by atoms with Gasteiger partial charge in [0.2, 0.25) is 0 Å². The Morgan fingerprint density at radius 2 is 2.00 bits per heavy atom. The number of benzene rings is 2. The van der Waals surface area contributed by atoms with Crippen LogP contribution >= 0.6 is 0 Å². The Bertz CT molecular complexity index is 604. The largest absolute Gasteiger partial charge is 0.493 e. The molecule has 1 unspecified atom stereocenters. The van der Waals surface area contributed by atoms with Crippen molar-refractivity contribution in [1.82, 2.24) is 0 Å². The van der Waals surface area contributed by atoms with E-state index in [2.05, 4.69) is 43.3 Å². The van der Waals surface area contributed by atoms with Gasteiger partial charge in [0.15, 0.2) is 0 Å². The molecule has 0 bridgehead atoms. The molecule has 112 valence electrons. The molecule has 0 spiro atoms. The van der Waals surface area contributed by atoms with E-state index in [1.807, 2.05) is 0 Å². The van der Waals surface area contributed by atoms with Crippen molar-refractivity contribution in [3.05, 3.63) is 42.0 Å². The van der Waals surface area contributed by atoms with Crippen LogP contribution < -0.4 is 10.5 Å². The Hall–Kier alpha value is -1.54. The minimum Gasteiger partial charge on any atom is -0.493 e. The second-order valence-electron chi connectivity index (χ2n) is 6.24. The minimum absolute atomic E-state index is 0.196. The molecule has 1 fully saturated rings.